The van der Waals surface area contributed by atoms with Crippen LogP contribution >= 0.6 is 0 Å². The van der Waals surface area contributed by atoms with Crippen LogP contribution in [0.2, 0.25) is 0 Å². The molecule has 0 aromatic carbocycles. The lowest BCUT2D eigenvalue weighted by Gasteiger charge is -2.44. The van der Waals surface area contributed by atoms with Crippen LogP contribution in [0.4, 0.5) is 0 Å². The molecule has 3 rings (SSSR count). The smallest absolute Gasteiger partial charge is 0.352 e. The lowest BCUT2D eigenvalue weighted by molar-refractivity contribution is -0.161. The number of likely N-dealkylation sites (tertiary alicyclic amines) is 1. The summed E-state index contributed by atoms with van der Waals surface area (Å²) in [6, 6.07) is -0.297. The Morgan fingerprint density at radius 2 is 2.07 bits per heavy atom. The first-order valence-electron chi connectivity index (χ1n) is 10.3. The number of rotatable bonds is 8. The Morgan fingerprint density at radius 1 is 1.37 bits per heavy atom. The van der Waals surface area contributed by atoms with E-state index >= 15 is 0 Å². The molecule has 0 aliphatic carbocycles. The normalized spacial score (nSPS) is 26.7. The average molecular weight is 421 g/mol. The molecule has 0 aromatic heterocycles. The molecule has 30 heavy (non-hydrogen) atoms. The molecule has 0 saturated carbocycles. The minimum atomic E-state index is -1.13. The number of aliphatic carboxylic acids is 1. The quantitative estimate of drug-likeness (QED) is 0.231. The third kappa shape index (κ3) is 4.20. The van der Waals surface area contributed by atoms with Gasteiger partial charge >= 0.3 is 5.97 Å². The number of hydrogen-bond acceptors (Lipinski definition) is 6. The molecule has 2 fully saturated rings. The summed E-state index contributed by atoms with van der Waals surface area (Å²) in [7, 11) is 3.84. The maximum absolute atomic E-state index is 12.4. The molecule has 10 nitrogen and oxygen atoms in total. The molecular formula is C20H31N5O5. The van der Waals surface area contributed by atoms with Gasteiger partial charge in [-0.15, -0.1) is 0 Å². The van der Waals surface area contributed by atoms with E-state index in [0.29, 0.717) is 32.5 Å². The Hall–Kier alpha value is -2.46. The lowest BCUT2D eigenvalue weighted by atomic mass is 9.82. The van der Waals surface area contributed by atoms with Gasteiger partial charge in [-0.25, -0.2) is 4.79 Å². The van der Waals surface area contributed by atoms with E-state index in [1.165, 1.54) is 4.90 Å². The van der Waals surface area contributed by atoms with Crippen molar-refractivity contribution >= 4 is 23.6 Å². The minimum Gasteiger partial charge on any atom is -0.477 e. The zero-order chi connectivity index (χ0) is 22.2. The van der Waals surface area contributed by atoms with Gasteiger partial charge in [-0.2, -0.15) is 0 Å². The molecule has 0 radical (unpaired) electrons. The summed E-state index contributed by atoms with van der Waals surface area (Å²) >= 11 is 0. The fraction of sp³-hybridized carbons (Fsp3) is 0.700. The topological polar surface area (TPSA) is 137 Å². The Bertz CT molecular complexity index is 778. The first kappa shape index (κ1) is 22.2. The number of carboxylic acids is 1. The molecule has 3 aliphatic heterocycles. The number of carboxylic acid groups (broad SMARTS) is 1. The van der Waals surface area contributed by atoms with Crippen molar-refractivity contribution in [3.63, 3.8) is 0 Å². The molecule has 0 spiro atoms. The molecule has 0 bridgehead atoms. The number of amides is 2. The van der Waals surface area contributed by atoms with Crippen molar-refractivity contribution in [2.75, 3.05) is 40.3 Å². The minimum absolute atomic E-state index is 0.0116. The van der Waals surface area contributed by atoms with Crippen LogP contribution in [0.1, 0.15) is 26.2 Å². The molecule has 0 aromatic rings. The third-order valence-corrected chi connectivity index (χ3v) is 6.24. The highest BCUT2D eigenvalue weighted by molar-refractivity contribution is 6.00. The molecule has 0 unspecified atom stereocenters. The summed E-state index contributed by atoms with van der Waals surface area (Å²) in [5, 5.41) is 30.6. The number of nitrogens with one attached hydrogen (secondary N) is 2. The summed E-state index contributed by atoms with van der Waals surface area (Å²) in [6.45, 7) is 3.83. The van der Waals surface area contributed by atoms with Crippen LogP contribution in [0, 0.1) is 17.2 Å². The fourth-order valence-electron chi connectivity index (χ4n) is 4.70. The van der Waals surface area contributed by atoms with Crippen LogP contribution in [0.15, 0.2) is 11.3 Å². The van der Waals surface area contributed by atoms with Crippen molar-refractivity contribution in [2.45, 2.75) is 38.3 Å². The second-order valence-electron chi connectivity index (χ2n) is 8.63. The Balaban J connectivity index is 1.61. The fourth-order valence-corrected chi connectivity index (χ4v) is 4.70. The summed E-state index contributed by atoms with van der Waals surface area (Å²) in [5.74, 6) is -2.08. The molecule has 10 heteroatoms. The van der Waals surface area contributed by atoms with E-state index in [-0.39, 0.29) is 41.7 Å². The number of carbonyl (C=O) groups excluding carboxylic acids is 2. The van der Waals surface area contributed by atoms with E-state index in [2.05, 4.69) is 5.32 Å². The Kier molecular flexibility index (Phi) is 6.47. The first-order chi connectivity index (χ1) is 14.1. The van der Waals surface area contributed by atoms with Gasteiger partial charge in [0.1, 0.15) is 11.5 Å². The summed E-state index contributed by atoms with van der Waals surface area (Å²) in [6.07, 6.45) is 0.292. The van der Waals surface area contributed by atoms with E-state index in [4.69, 9.17) is 5.41 Å². The summed E-state index contributed by atoms with van der Waals surface area (Å²) in [5.41, 5.74) is 0.761. The second kappa shape index (κ2) is 8.73. The number of hydrogen-bond donors (Lipinski definition) is 4. The molecule has 2 saturated heterocycles. The number of aliphatic hydroxyl groups is 1. The first-order valence-corrected chi connectivity index (χ1v) is 10.3. The van der Waals surface area contributed by atoms with Crippen LogP contribution in [0.25, 0.3) is 0 Å². The molecule has 4 atom stereocenters. The Labute approximate surface area is 176 Å². The van der Waals surface area contributed by atoms with E-state index < -0.39 is 18.0 Å². The standard InChI is InChI=1S/C20H31N5O5/c1-11(26)17-14-8-13(18(20(29)30)25(14)19(17)28)12-4-6-24(10-12)15(21)9-16(27)22-5-7-23(2)3/h11-12,14,17,21,26H,4-10H2,1-3H3,(H,22,27)(H,29,30)/t11-,12-,14-,17-/m1/s1. The van der Waals surface area contributed by atoms with Crippen LogP contribution in [-0.4, -0.2) is 101 Å². The maximum atomic E-state index is 12.4. The van der Waals surface area contributed by atoms with Crippen LogP contribution in [-0.2, 0) is 14.4 Å². The van der Waals surface area contributed by atoms with Crippen LogP contribution < -0.4 is 5.32 Å². The van der Waals surface area contributed by atoms with Gasteiger partial charge in [-0.1, -0.05) is 0 Å². The summed E-state index contributed by atoms with van der Waals surface area (Å²) in [4.78, 5) is 41.4. The van der Waals surface area contributed by atoms with E-state index in [1.54, 1.807) is 6.92 Å². The van der Waals surface area contributed by atoms with Gasteiger partial charge in [0.2, 0.25) is 11.8 Å². The van der Waals surface area contributed by atoms with Gasteiger partial charge in [0.05, 0.1) is 24.5 Å². The van der Waals surface area contributed by atoms with Crippen molar-refractivity contribution in [3.05, 3.63) is 11.3 Å². The maximum Gasteiger partial charge on any atom is 0.352 e. The number of fused-ring (bicyclic) bond motifs is 1. The third-order valence-electron chi connectivity index (χ3n) is 6.24. The second-order valence-corrected chi connectivity index (χ2v) is 8.63. The predicted octanol–water partition coefficient (Wildman–Crippen LogP) is -0.696. The molecule has 4 N–H and O–H groups in total. The van der Waals surface area contributed by atoms with Gasteiger partial charge in [-0.3, -0.25) is 15.0 Å². The SMILES string of the molecule is C[C@@H](O)[C@H]1C(=O)N2C(C(=O)O)=C([C@@H]3CCN(C(=N)CC(=O)NCCN(C)C)C3)C[C@H]12. The number of nitrogens with zero attached hydrogens (tertiary/aromatic N) is 3. The zero-order valence-corrected chi connectivity index (χ0v) is 17.7. The molecular weight excluding hydrogens is 390 g/mol. The lowest BCUT2D eigenvalue weighted by Crippen LogP contribution is -2.61. The van der Waals surface area contributed by atoms with Gasteiger partial charge in [0, 0.05) is 32.1 Å². The molecule has 2 amide bonds. The van der Waals surface area contributed by atoms with Crippen molar-refractivity contribution in [2.24, 2.45) is 11.8 Å². The summed E-state index contributed by atoms with van der Waals surface area (Å²) < 4.78 is 0. The predicted molar refractivity (Wildman–Crippen MR) is 109 cm³/mol. The van der Waals surface area contributed by atoms with Gasteiger partial charge in [0.15, 0.2) is 0 Å². The van der Waals surface area contributed by atoms with Gasteiger partial charge in [0.25, 0.3) is 0 Å². The van der Waals surface area contributed by atoms with Crippen molar-refractivity contribution in [1.82, 2.24) is 20.0 Å². The van der Waals surface area contributed by atoms with Gasteiger partial charge < -0.3 is 30.2 Å². The van der Waals surface area contributed by atoms with Crippen molar-refractivity contribution in [1.29, 1.82) is 5.41 Å². The Morgan fingerprint density at radius 3 is 2.67 bits per heavy atom. The monoisotopic (exact) mass is 421 g/mol. The van der Waals surface area contributed by atoms with E-state index in [1.807, 2.05) is 23.9 Å². The van der Waals surface area contributed by atoms with Crippen LogP contribution in [0.3, 0.4) is 0 Å². The largest absolute Gasteiger partial charge is 0.477 e. The zero-order valence-electron chi connectivity index (χ0n) is 17.7. The number of aliphatic hydroxyl groups excluding tert-OH is 1. The van der Waals surface area contributed by atoms with Crippen LogP contribution in [0.5, 0.6) is 0 Å². The van der Waals surface area contributed by atoms with Gasteiger partial charge in [-0.05, 0) is 39.4 Å². The highest BCUT2D eigenvalue weighted by atomic mass is 16.4. The van der Waals surface area contributed by atoms with E-state index in [9.17, 15) is 24.6 Å². The highest BCUT2D eigenvalue weighted by Crippen LogP contribution is 2.47. The number of likely N-dealkylation sites (N-methyl/N-ethyl adjacent to an activating group) is 1. The number of β-lactam (4-membered cyclic amide) rings is 1. The van der Waals surface area contributed by atoms with Crippen molar-refractivity contribution in [3.8, 4) is 0 Å². The number of carbonyl (C=O) groups is 3. The molecule has 3 aliphatic rings. The molecule has 3 heterocycles. The average Bonchev–Trinajstić information content (AvgIpc) is 3.23. The van der Waals surface area contributed by atoms with E-state index in [0.717, 1.165) is 12.1 Å². The number of amidine groups is 1. The van der Waals surface area contributed by atoms with Crippen molar-refractivity contribution < 1.29 is 24.6 Å². The highest BCUT2D eigenvalue weighted by Gasteiger charge is 2.57. The molecule has 166 valence electrons.